The van der Waals surface area contributed by atoms with Crippen LogP contribution in [0.4, 0.5) is 0 Å². The van der Waals surface area contributed by atoms with Crippen molar-refractivity contribution in [3.8, 4) is 0 Å². The molecule has 0 aliphatic carbocycles. The molecule has 0 saturated carbocycles. The van der Waals surface area contributed by atoms with Gasteiger partial charge in [0.1, 0.15) is 30.0 Å². The lowest BCUT2D eigenvalue weighted by molar-refractivity contribution is -0.156. The highest BCUT2D eigenvalue weighted by molar-refractivity contribution is 5.95. The van der Waals surface area contributed by atoms with Crippen LogP contribution in [0.3, 0.4) is 0 Å². The monoisotopic (exact) mass is 288 g/mol. The highest BCUT2D eigenvalue weighted by Crippen LogP contribution is 2.07. The summed E-state index contributed by atoms with van der Waals surface area (Å²) in [6.07, 6.45) is 0.180. The number of hydrogen-bond donors (Lipinski definition) is 0. The zero-order chi connectivity index (χ0) is 16.3. The Labute approximate surface area is 119 Å². The minimum absolute atomic E-state index is 0.0816. The quantitative estimate of drug-likeness (QED) is 0.566. The van der Waals surface area contributed by atoms with Gasteiger partial charge >= 0.3 is 11.9 Å². The Morgan fingerprint density at radius 1 is 0.950 bits per heavy atom. The molecule has 20 heavy (non-hydrogen) atoms. The van der Waals surface area contributed by atoms with E-state index in [4.69, 9.17) is 4.74 Å². The van der Waals surface area contributed by atoms with Gasteiger partial charge in [-0.2, -0.15) is 0 Å². The number of rotatable bonds is 5. The first-order valence-electron chi connectivity index (χ1n) is 6.31. The van der Waals surface area contributed by atoms with Crippen LogP contribution in [0.25, 0.3) is 0 Å². The van der Waals surface area contributed by atoms with Crippen LogP contribution < -0.4 is 0 Å². The Morgan fingerprint density at radius 2 is 1.45 bits per heavy atom. The van der Waals surface area contributed by atoms with Crippen molar-refractivity contribution in [2.75, 3.05) is 7.11 Å². The maximum atomic E-state index is 10.8. The van der Waals surface area contributed by atoms with Gasteiger partial charge in [-0.1, -0.05) is 6.92 Å². The molecule has 0 N–H and O–H groups in total. The Morgan fingerprint density at radius 3 is 1.75 bits per heavy atom. The van der Waals surface area contributed by atoms with E-state index in [1.54, 1.807) is 27.7 Å². The zero-order valence-electron chi connectivity index (χ0n) is 13.1. The van der Waals surface area contributed by atoms with Crippen molar-refractivity contribution >= 4 is 23.5 Å². The molecule has 6 heteroatoms. The van der Waals surface area contributed by atoms with Crippen molar-refractivity contribution < 1.29 is 28.7 Å². The molecule has 6 nitrogen and oxygen atoms in total. The number of methoxy groups -OCH3 is 1. The molecule has 0 heterocycles. The fourth-order valence-electron chi connectivity index (χ4n) is 0.939. The second kappa shape index (κ2) is 10.1. The number of ketones is 2. The molecule has 0 amide bonds. The summed E-state index contributed by atoms with van der Waals surface area (Å²) in [7, 11) is 1.27. The van der Waals surface area contributed by atoms with Crippen molar-refractivity contribution in [3.05, 3.63) is 0 Å². The van der Waals surface area contributed by atoms with Gasteiger partial charge in [0.05, 0.1) is 7.11 Å². The third-order valence-corrected chi connectivity index (χ3v) is 1.78. The van der Waals surface area contributed by atoms with Crippen LogP contribution in [0.2, 0.25) is 0 Å². The third kappa shape index (κ3) is 16.3. The fraction of sp³-hybridized carbons (Fsp3) is 0.714. The Hall–Kier alpha value is -1.72. The van der Waals surface area contributed by atoms with Crippen LogP contribution in [0.5, 0.6) is 0 Å². The van der Waals surface area contributed by atoms with E-state index in [0.717, 1.165) is 0 Å². The Balaban J connectivity index is 0. The number of esters is 2. The molecule has 0 unspecified atom stereocenters. The minimum Gasteiger partial charge on any atom is -0.469 e. The Kier molecular flexibility index (Phi) is 10.4. The van der Waals surface area contributed by atoms with Crippen molar-refractivity contribution in [1.29, 1.82) is 0 Å². The van der Waals surface area contributed by atoms with Gasteiger partial charge in [0.2, 0.25) is 0 Å². The summed E-state index contributed by atoms with van der Waals surface area (Å²) in [6, 6.07) is 0. The average Bonchev–Trinajstić information content (AvgIpc) is 2.25. The lowest BCUT2D eigenvalue weighted by Gasteiger charge is -2.18. The zero-order valence-corrected chi connectivity index (χ0v) is 13.1. The molecule has 0 fully saturated rings. The largest absolute Gasteiger partial charge is 0.469 e. The van der Waals surface area contributed by atoms with Crippen molar-refractivity contribution in [2.45, 2.75) is 59.5 Å². The van der Waals surface area contributed by atoms with Crippen LogP contribution in [0.1, 0.15) is 53.9 Å². The molecule has 0 aromatic carbocycles. The molecule has 0 bridgehead atoms. The summed E-state index contributed by atoms with van der Waals surface area (Å²) in [5.74, 6) is -1.16. The van der Waals surface area contributed by atoms with Gasteiger partial charge in [-0.3, -0.25) is 19.2 Å². The lowest BCUT2D eigenvalue weighted by atomic mass is 10.2. The van der Waals surface area contributed by atoms with E-state index in [0.29, 0.717) is 6.42 Å². The molecule has 0 radical (unpaired) electrons. The van der Waals surface area contributed by atoms with Crippen molar-refractivity contribution in [3.63, 3.8) is 0 Å². The first kappa shape index (κ1) is 20.6. The SMILES string of the molecule is CC(=O)CC(=O)OC(C)(C)C.CCC(=O)CC(=O)OC. The molecular formula is C14H24O6. The normalized spacial score (nSPS) is 9.90. The highest BCUT2D eigenvalue weighted by Gasteiger charge is 2.16. The van der Waals surface area contributed by atoms with Gasteiger partial charge in [-0.25, -0.2) is 0 Å². The van der Waals surface area contributed by atoms with Gasteiger partial charge in [0.15, 0.2) is 0 Å². The van der Waals surface area contributed by atoms with E-state index in [-0.39, 0.29) is 24.4 Å². The van der Waals surface area contributed by atoms with Gasteiger partial charge < -0.3 is 9.47 Å². The Bertz CT molecular complexity index is 337. The van der Waals surface area contributed by atoms with Gasteiger partial charge in [-0.05, 0) is 27.7 Å². The number of ether oxygens (including phenoxy) is 2. The first-order valence-corrected chi connectivity index (χ1v) is 6.31. The smallest absolute Gasteiger partial charge is 0.313 e. The van der Waals surface area contributed by atoms with Crippen molar-refractivity contribution in [2.24, 2.45) is 0 Å². The number of Topliss-reactive ketones (excluding diaryl/α,β-unsaturated/α-hetero) is 2. The van der Waals surface area contributed by atoms with E-state index in [9.17, 15) is 19.2 Å². The first-order chi connectivity index (χ1) is 9.01. The van der Waals surface area contributed by atoms with Gasteiger partial charge in [-0.15, -0.1) is 0 Å². The average molecular weight is 288 g/mol. The van der Waals surface area contributed by atoms with Crippen molar-refractivity contribution in [1.82, 2.24) is 0 Å². The van der Waals surface area contributed by atoms with Crippen LogP contribution in [0.15, 0.2) is 0 Å². The summed E-state index contributed by atoms with van der Waals surface area (Å²) in [5, 5.41) is 0. The summed E-state index contributed by atoms with van der Waals surface area (Å²) in [5.41, 5.74) is -0.494. The van der Waals surface area contributed by atoms with E-state index in [2.05, 4.69) is 4.74 Å². The number of hydrogen-bond acceptors (Lipinski definition) is 6. The summed E-state index contributed by atoms with van der Waals surface area (Å²) < 4.78 is 9.15. The maximum Gasteiger partial charge on any atom is 0.313 e. The van der Waals surface area contributed by atoms with Crippen LogP contribution >= 0.6 is 0 Å². The minimum atomic E-state index is -0.494. The molecule has 0 saturated heterocycles. The molecule has 0 atom stereocenters. The molecule has 0 spiro atoms. The topological polar surface area (TPSA) is 86.7 Å². The molecule has 116 valence electrons. The predicted octanol–water partition coefficient (Wildman–Crippen LogP) is 1.84. The number of carbonyl (C=O) groups is 4. The second-order valence-electron chi connectivity index (χ2n) is 5.11. The van der Waals surface area contributed by atoms with Gasteiger partial charge in [0.25, 0.3) is 0 Å². The summed E-state index contributed by atoms with van der Waals surface area (Å²) >= 11 is 0. The summed E-state index contributed by atoms with van der Waals surface area (Å²) in [4.78, 5) is 42.1. The van der Waals surface area contributed by atoms with E-state index >= 15 is 0 Å². The van der Waals surface area contributed by atoms with Crippen LogP contribution in [0, 0.1) is 0 Å². The molecule has 0 aromatic rings. The lowest BCUT2D eigenvalue weighted by Crippen LogP contribution is -2.24. The third-order valence-electron chi connectivity index (χ3n) is 1.78. The highest BCUT2D eigenvalue weighted by atomic mass is 16.6. The fourth-order valence-corrected chi connectivity index (χ4v) is 0.939. The molecule has 0 rings (SSSR count). The molecular weight excluding hydrogens is 264 g/mol. The number of carbonyl (C=O) groups excluding carboxylic acids is 4. The second-order valence-corrected chi connectivity index (χ2v) is 5.11. The predicted molar refractivity (Wildman–Crippen MR) is 73.1 cm³/mol. The maximum absolute atomic E-state index is 10.8. The molecule has 0 aromatic heterocycles. The van der Waals surface area contributed by atoms with Crippen LogP contribution in [-0.4, -0.2) is 36.2 Å². The standard InChI is InChI=1S/C8H14O3.C6H10O3/c1-6(9)5-7(10)11-8(2,3)4;1-3-5(7)4-6(8)9-2/h5H2,1-4H3;3-4H2,1-2H3. The summed E-state index contributed by atoms with van der Waals surface area (Å²) in [6.45, 7) is 8.39. The van der Waals surface area contributed by atoms with Gasteiger partial charge in [0, 0.05) is 6.42 Å². The molecule has 0 aliphatic rings. The van der Waals surface area contributed by atoms with E-state index in [1.807, 2.05) is 0 Å². The van der Waals surface area contributed by atoms with Crippen LogP contribution in [-0.2, 0) is 28.7 Å². The van der Waals surface area contributed by atoms with E-state index < -0.39 is 17.5 Å². The van der Waals surface area contributed by atoms with E-state index in [1.165, 1.54) is 14.0 Å². The molecule has 0 aliphatic heterocycles.